The Kier molecular flexibility index (Phi) is 7.63. The third-order valence-electron chi connectivity index (χ3n) is 3.66. The van der Waals surface area contributed by atoms with Gasteiger partial charge in [-0.3, -0.25) is 9.78 Å². The Bertz CT molecular complexity index is 873. The van der Waals surface area contributed by atoms with E-state index in [1.165, 1.54) is 5.56 Å². The number of carbonyl (C=O) groups excluding carboxylic acids is 1. The fourth-order valence-corrected chi connectivity index (χ4v) is 4.19. The fourth-order valence-electron chi connectivity index (χ4n) is 2.37. The lowest BCUT2D eigenvalue weighted by molar-refractivity contribution is -0.113. The molecule has 1 aromatic heterocycles. The smallest absolute Gasteiger partial charge is 0.234 e. The van der Waals surface area contributed by atoms with Gasteiger partial charge in [-0.2, -0.15) is 0 Å². The van der Waals surface area contributed by atoms with Gasteiger partial charge in [0.2, 0.25) is 5.91 Å². The summed E-state index contributed by atoms with van der Waals surface area (Å²) in [5, 5.41) is 3.66. The number of carbonyl (C=O) groups is 1. The number of anilines is 1. The van der Waals surface area contributed by atoms with Crippen LogP contribution in [0.2, 0.25) is 5.02 Å². The second-order valence-corrected chi connectivity index (χ2v) is 8.32. The van der Waals surface area contributed by atoms with Crippen LogP contribution in [0.4, 0.5) is 5.69 Å². The Labute approximate surface area is 172 Å². The van der Waals surface area contributed by atoms with Gasteiger partial charge in [0.1, 0.15) is 0 Å². The first-order chi connectivity index (χ1) is 13.2. The van der Waals surface area contributed by atoms with E-state index in [0.29, 0.717) is 5.75 Å². The topological polar surface area (TPSA) is 42.0 Å². The zero-order valence-electron chi connectivity index (χ0n) is 14.6. The van der Waals surface area contributed by atoms with E-state index < -0.39 is 0 Å². The van der Waals surface area contributed by atoms with Crippen molar-refractivity contribution in [3.8, 4) is 0 Å². The maximum absolute atomic E-state index is 12.1. The molecule has 0 unspecified atom stereocenters. The highest BCUT2D eigenvalue weighted by Gasteiger charge is 2.04. The number of nitrogens with zero attached hydrogens (tertiary/aromatic N) is 1. The summed E-state index contributed by atoms with van der Waals surface area (Å²) in [6.07, 6.45) is 3.65. The van der Waals surface area contributed by atoms with E-state index >= 15 is 0 Å². The van der Waals surface area contributed by atoms with Crippen LogP contribution in [0.15, 0.2) is 78.0 Å². The van der Waals surface area contributed by atoms with Gasteiger partial charge < -0.3 is 5.32 Å². The summed E-state index contributed by atoms with van der Waals surface area (Å²) in [6.45, 7) is 0. The number of hydrogen-bond acceptors (Lipinski definition) is 4. The number of aromatic nitrogens is 1. The molecule has 3 nitrogen and oxygen atoms in total. The maximum Gasteiger partial charge on any atom is 0.234 e. The molecule has 0 atom stereocenters. The van der Waals surface area contributed by atoms with Gasteiger partial charge in [0.25, 0.3) is 0 Å². The molecule has 3 rings (SSSR count). The molecule has 27 heavy (non-hydrogen) atoms. The first-order valence-electron chi connectivity index (χ1n) is 8.43. The first-order valence-corrected chi connectivity index (χ1v) is 10.9. The van der Waals surface area contributed by atoms with Crippen LogP contribution in [0.3, 0.4) is 0 Å². The van der Waals surface area contributed by atoms with Gasteiger partial charge in [-0.05, 0) is 53.6 Å². The van der Waals surface area contributed by atoms with E-state index in [-0.39, 0.29) is 5.91 Å². The SMILES string of the molecule is O=C(CSCc1cccc(Cl)c1)Nc1ccc(SCc2cccnc2)cc1. The number of benzene rings is 2. The van der Waals surface area contributed by atoms with Crippen LogP contribution in [-0.4, -0.2) is 16.6 Å². The number of hydrogen-bond donors (Lipinski definition) is 1. The third kappa shape index (κ3) is 6.94. The molecule has 0 saturated heterocycles. The van der Waals surface area contributed by atoms with Crippen molar-refractivity contribution < 1.29 is 4.79 Å². The number of rotatable bonds is 8. The summed E-state index contributed by atoms with van der Waals surface area (Å²) in [6, 6.07) is 19.6. The summed E-state index contributed by atoms with van der Waals surface area (Å²) >= 11 is 9.29. The number of thioether (sulfide) groups is 2. The van der Waals surface area contributed by atoms with Gasteiger partial charge >= 0.3 is 0 Å². The number of halogens is 1. The molecular weight excluding hydrogens is 396 g/mol. The van der Waals surface area contributed by atoms with E-state index in [0.717, 1.165) is 32.7 Å². The molecule has 2 aromatic carbocycles. The zero-order valence-corrected chi connectivity index (χ0v) is 17.0. The second-order valence-electron chi connectivity index (χ2n) is 5.85. The molecule has 0 aliphatic carbocycles. The predicted octanol–water partition coefficient (Wildman–Crippen LogP) is 5.90. The summed E-state index contributed by atoms with van der Waals surface area (Å²) in [4.78, 5) is 17.4. The zero-order chi connectivity index (χ0) is 18.9. The van der Waals surface area contributed by atoms with Crippen molar-refractivity contribution in [1.82, 2.24) is 4.98 Å². The van der Waals surface area contributed by atoms with Crippen molar-refractivity contribution in [2.75, 3.05) is 11.1 Å². The van der Waals surface area contributed by atoms with Crippen molar-refractivity contribution in [3.05, 3.63) is 89.2 Å². The number of pyridine rings is 1. The van der Waals surface area contributed by atoms with Crippen LogP contribution in [0.5, 0.6) is 0 Å². The maximum atomic E-state index is 12.1. The molecule has 0 bridgehead atoms. The molecule has 0 fully saturated rings. The molecule has 0 aliphatic rings. The predicted molar refractivity (Wildman–Crippen MR) is 116 cm³/mol. The van der Waals surface area contributed by atoms with E-state index in [4.69, 9.17) is 11.6 Å². The minimum absolute atomic E-state index is 0.00205. The van der Waals surface area contributed by atoms with Gasteiger partial charge in [0, 0.05) is 39.5 Å². The standard InChI is InChI=1S/C21H19ClN2OS2/c22-18-5-1-3-16(11-18)13-26-15-21(25)24-19-6-8-20(9-7-19)27-14-17-4-2-10-23-12-17/h1-12H,13-15H2,(H,24,25). The van der Waals surface area contributed by atoms with Gasteiger partial charge in [-0.25, -0.2) is 0 Å². The molecule has 0 aliphatic heterocycles. The van der Waals surface area contributed by atoms with E-state index in [1.54, 1.807) is 29.7 Å². The summed E-state index contributed by atoms with van der Waals surface area (Å²) in [5.41, 5.74) is 3.13. The van der Waals surface area contributed by atoms with Crippen LogP contribution in [0, 0.1) is 0 Å². The molecule has 0 radical (unpaired) electrons. The molecule has 6 heteroatoms. The highest BCUT2D eigenvalue weighted by atomic mass is 35.5. The average molecular weight is 415 g/mol. The largest absolute Gasteiger partial charge is 0.325 e. The molecule has 3 aromatic rings. The second kappa shape index (κ2) is 10.4. The summed E-state index contributed by atoms with van der Waals surface area (Å²) in [7, 11) is 0. The Morgan fingerprint density at radius 2 is 1.81 bits per heavy atom. The van der Waals surface area contributed by atoms with Crippen molar-refractivity contribution >= 4 is 46.7 Å². The Morgan fingerprint density at radius 3 is 2.56 bits per heavy atom. The lowest BCUT2D eigenvalue weighted by Gasteiger charge is -2.07. The first kappa shape index (κ1) is 19.8. The van der Waals surface area contributed by atoms with Crippen molar-refractivity contribution in [3.63, 3.8) is 0 Å². The van der Waals surface area contributed by atoms with Gasteiger partial charge in [-0.15, -0.1) is 23.5 Å². The van der Waals surface area contributed by atoms with Crippen LogP contribution in [0.1, 0.15) is 11.1 Å². The molecule has 138 valence electrons. The molecule has 0 spiro atoms. The highest BCUT2D eigenvalue weighted by molar-refractivity contribution is 7.99. The van der Waals surface area contributed by atoms with Crippen LogP contribution < -0.4 is 5.32 Å². The lowest BCUT2D eigenvalue weighted by atomic mass is 10.2. The van der Waals surface area contributed by atoms with Crippen LogP contribution in [-0.2, 0) is 16.3 Å². The minimum Gasteiger partial charge on any atom is -0.325 e. The van der Waals surface area contributed by atoms with Crippen molar-refractivity contribution in [1.29, 1.82) is 0 Å². The molecule has 0 saturated carbocycles. The molecule has 1 amide bonds. The molecule has 1 N–H and O–H groups in total. The summed E-state index contributed by atoms with van der Waals surface area (Å²) in [5.74, 6) is 2.04. The quantitative estimate of drug-likeness (QED) is 0.466. The molecule has 1 heterocycles. The van der Waals surface area contributed by atoms with Crippen LogP contribution in [0.25, 0.3) is 0 Å². The fraction of sp³-hybridized carbons (Fsp3) is 0.143. The minimum atomic E-state index is -0.00205. The number of nitrogens with one attached hydrogen (secondary N) is 1. The summed E-state index contributed by atoms with van der Waals surface area (Å²) < 4.78 is 0. The van der Waals surface area contributed by atoms with E-state index in [1.807, 2.05) is 60.8 Å². The Morgan fingerprint density at radius 1 is 1.00 bits per heavy atom. The normalized spacial score (nSPS) is 10.6. The van der Waals surface area contributed by atoms with Gasteiger partial charge in [0.05, 0.1) is 5.75 Å². The average Bonchev–Trinajstić information content (AvgIpc) is 2.68. The number of amides is 1. The third-order valence-corrected chi connectivity index (χ3v) is 5.98. The van der Waals surface area contributed by atoms with E-state index in [2.05, 4.69) is 16.4 Å². The van der Waals surface area contributed by atoms with Crippen molar-refractivity contribution in [2.45, 2.75) is 16.4 Å². The van der Waals surface area contributed by atoms with E-state index in [9.17, 15) is 4.79 Å². The molecular formula is C21H19ClN2OS2. The Balaban J connectivity index is 1.41. The lowest BCUT2D eigenvalue weighted by Crippen LogP contribution is -2.14. The highest BCUT2D eigenvalue weighted by Crippen LogP contribution is 2.24. The van der Waals surface area contributed by atoms with Gasteiger partial charge in [0.15, 0.2) is 0 Å². The monoisotopic (exact) mass is 414 g/mol. The van der Waals surface area contributed by atoms with Crippen LogP contribution >= 0.6 is 35.1 Å². The van der Waals surface area contributed by atoms with Gasteiger partial charge in [-0.1, -0.05) is 29.8 Å². The Hall–Kier alpha value is -1.95. The van der Waals surface area contributed by atoms with Crippen molar-refractivity contribution in [2.24, 2.45) is 0 Å².